The SMILES string of the molecule is COCCOCCOCCOC1CCC=CCCC1OC(=O)ON1C(=O)CCC1=O. The predicted octanol–water partition coefficient (Wildman–Crippen LogP) is 1.77. The number of allylic oxidation sites excluding steroid dienone is 2. The van der Waals surface area contributed by atoms with Gasteiger partial charge in [-0.1, -0.05) is 17.2 Å². The van der Waals surface area contributed by atoms with E-state index in [1.807, 2.05) is 6.08 Å². The van der Waals surface area contributed by atoms with Crippen molar-refractivity contribution in [2.75, 3.05) is 46.8 Å². The Balaban J connectivity index is 1.72. The summed E-state index contributed by atoms with van der Waals surface area (Å²) in [6.07, 6.45) is 4.91. The van der Waals surface area contributed by atoms with Gasteiger partial charge in [-0.25, -0.2) is 4.79 Å². The Labute approximate surface area is 176 Å². The third-order valence-corrected chi connectivity index (χ3v) is 4.60. The molecule has 2 unspecified atom stereocenters. The molecular formula is C20H31NO9. The first-order valence-corrected chi connectivity index (χ1v) is 10.3. The van der Waals surface area contributed by atoms with Gasteiger partial charge in [-0.05, 0) is 25.7 Å². The molecule has 1 heterocycles. The second-order valence-electron chi connectivity index (χ2n) is 6.83. The molecule has 0 spiro atoms. The summed E-state index contributed by atoms with van der Waals surface area (Å²) in [5.74, 6) is -1.10. The van der Waals surface area contributed by atoms with Crippen molar-refractivity contribution in [2.45, 2.75) is 50.7 Å². The second kappa shape index (κ2) is 14.1. The highest BCUT2D eigenvalue weighted by atomic mass is 16.8. The molecular weight excluding hydrogens is 398 g/mol. The lowest BCUT2D eigenvalue weighted by molar-refractivity contribution is -0.181. The van der Waals surface area contributed by atoms with Crippen LogP contribution in [0.1, 0.15) is 38.5 Å². The maximum absolute atomic E-state index is 12.1. The van der Waals surface area contributed by atoms with Gasteiger partial charge in [-0.15, -0.1) is 0 Å². The Morgan fingerprint density at radius 2 is 1.47 bits per heavy atom. The van der Waals surface area contributed by atoms with E-state index in [0.29, 0.717) is 64.0 Å². The summed E-state index contributed by atoms with van der Waals surface area (Å²) in [5.41, 5.74) is 0. The molecule has 1 saturated heterocycles. The number of hydrogen-bond acceptors (Lipinski definition) is 9. The normalized spacial score (nSPS) is 22.1. The zero-order valence-electron chi connectivity index (χ0n) is 17.4. The average molecular weight is 429 g/mol. The van der Waals surface area contributed by atoms with E-state index in [0.717, 1.165) is 6.42 Å². The van der Waals surface area contributed by atoms with Crippen LogP contribution in [0.4, 0.5) is 4.79 Å². The number of methoxy groups -OCH3 is 1. The molecule has 170 valence electrons. The van der Waals surface area contributed by atoms with Crippen LogP contribution in [0.15, 0.2) is 12.2 Å². The highest BCUT2D eigenvalue weighted by molar-refractivity contribution is 6.01. The molecule has 1 fully saturated rings. The summed E-state index contributed by atoms with van der Waals surface area (Å²) in [4.78, 5) is 40.1. The lowest BCUT2D eigenvalue weighted by Crippen LogP contribution is -2.38. The van der Waals surface area contributed by atoms with Crippen LogP contribution < -0.4 is 0 Å². The van der Waals surface area contributed by atoms with Gasteiger partial charge in [-0.2, -0.15) is 0 Å². The summed E-state index contributed by atoms with van der Waals surface area (Å²) in [6.45, 7) is 2.71. The number of nitrogens with zero attached hydrogens (tertiary/aromatic N) is 1. The molecule has 2 rings (SSSR count). The molecule has 2 amide bonds. The predicted molar refractivity (Wildman–Crippen MR) is 103 cm³/mol. The molecule has 0 aromatic rings. The highest BCUT2D eigenvalue weighted by Crippen LogP contribution is 2.21. The molecule has 0 saturated carbocycles. The Morgan fingerprint density at radius 1 is 0.900 bits per heavy atom. The number of imide groups is 1. The van der Waals surface area contributed by atoms with E-state index < -0.39 is 24.1 Å². The van der Waals surface area contributed by atoms with Crippen molar-refractivity contribution in [1.29, 1.82) is 0 Å². The maximum Gasteiger partial charge on any atom is 0.534 e. The maximum atomic E-state index is 12.1. The Bertz CT molecular complexity index is 565. The molecule has 10 heteroatoms. The second-order valence-corrected chi connectivity index (χ2v) is 6.83. The van der Waals surface area contributed by atoms with Crippen molar-refractivity contribution < 1.29 is 42.9 Å². The number of ether oxygens (including phenoxy) is 5. The third kappa shape index (κ3) is 8.78. The van der Waals surface area contributed by atoms with Crippen molar-refractivity contribution in [2.24, 2.45) is 0 Å². The number of carbonyl (C=O) groups excluding carboxylic acids is 3. The molecule has 30 heavy (non-hydrogen) atoms. The fraction of sp³-hybridized carbons (Fsp3) is 0.750. The standard InChI is InChI=1S/C20H31NO9/c1-25-10-11-26-12-13-27-14-15-28-16-6-4-2-3-5-7-17(16)29-20(24)30-21-18(22)8-9-19(21)23/h2-3,16-17H,4-15H2,1H3. The summed E-state index contributed by atoms with van der Waals surface area (Å²) < 4.78 is 26.9. The topological polar surface area (TPSA) is 110 Å². The minimum absolute atomic E-state index is 0.0312. The van der Waals surface area contributed by atoms with Gasteiger partial charge in [0.05, 0.1) is 45.7 Å². The van der Waals surface area contributed by atoms with Gasteiger partial charge >= 0.3 is 6.16 Å². The van der Waals surface area contributed by atoms with E-state index in [2.05, 4.69) is 6.08 Å². The monoisotopic (exact) mass is 429 g/mol. The van der Waals surface area contributed by atoms with Crippen LogP contribution in [0.3, 0.4) is 0 Å². The van der Waals surface area contributed by atoms with Crippen LogP contribution in [0.25, 0.3) is 0 Å². The first-order valence-electron chi connectivity index (χ1n) is 10.3. The zero-order chi connectivity index (χ0) is 21.6. The molecule has 2 atom stereocenters. The molecule has 0 radical (unpaired) electrons. The number of amides is 2. The quantitative estimate of drug-likeness (QED) is 0.198. The molecule has 0 bridgehead atoms. The van der Waals surface area contributed by atoms with Gasteiger partial charge < -0.3 is 23.7 Å². The third-order valence-electron chi connectivity index (χ3n) is 4.60. The minimum atomic E-state index is -1.08. The van der Waals surface area contributed by atoms with Crippen LogP contribution in [0, 0.1) is 0 Å². The number of rotatable bonds is 12. The first-order chi connectivity index (χ1) is 14.6. The van der Waals surface area contributed by atoms with Gasteiger partial charge in [0, 0.05) is 20.0 Å². The van der Waals surface area contributed by atoms with Gasteiger partial charge in [0.15, 0.2) is 0 Å². The Morgan fingerprint density at radius 3 is 2.10 bits per heavy atom. The van der Waals surface area contributed by atoms with Crippen molar-refractivity contribution in [1.82, 2.24) is 5.06 Å². The zero-order valence-corrected chi connectivity index (χ0v) is 17.4. The Kier molecular flexibility index (Phi) is 11.4. The number of carbonyl (C=O) groups is 3. The smallest absolute Gasteiger partial charge is 0.427 e. The molecule has 1 aliphatic carbocycles. The van der Waals surface area contributed by atoms with E-state index >= 15 is 0 Å². The minimum Gasteiger partial charge on any atom is -0.427 e. The van der Waals surface area contributed by atoms with Crippen LogP contribution in [0.5, 0.6) is 0 Å². The Hall–Kier alpha value is -2.01. The van der Waals surface area contributed by atoms with Crippen molar-refractivity contribution >= 4 is 18.0 Å². The highest BCUT2D eigenvalue weighted by Gasteiger charge is 2.35. The summed E-state index contributed by atoms with van der Waals surface area (Å²) >= 11 is 0. The van der Waals surface area contributed by atoms with Gasteiger partial charge in [0.25, 0.3) is 11.8 Å². The number of hydroxylamine groups is 2. The van der Waals surface area contributed by atoms with E-state index in [-0.39, 0.29) is 18.9 Å². The van der Waals surface area contributed by atoms with Crippen LogP contribution in [-0.2, 0) is 38.1 Å². The lowest BCUT2D eigenvalue weighted by Gasteiger charge is -2.28. The molecule has 2 aliphatic rings. The largest absolute Gasteiger partial charge is 0.534 e. The van der Waals surface area contributed by atoms with E-state index in [1.54, 1.807) is 7.11 Å². The van der Waals surface area contributed by atoms with Gasteiger partial charge in [-0.3, -0.25) is 14.4 Å². The number of hydrogen-bond donors (Lipinski definition) is 0. The van der Waals surface area contributed by atoms with Gasteiger partial charge in [0.2, 0.25) is 0 Å². The molecule has 10 nitrogen and oxygen atoms in total. The summed E-state index contributed by atoms with van der Waals surface area (Å²) in [7, 11) is 1.62. The average Bonchev–Trinajstić information content (AvgIpc) is 3.02. The summed E-state index contributed by atoms with van der Waals surface area (Å²) in [5, 5.41) is 0.476. The van der Waals surface area contributed by atoms with Gasteiger partial charge in [0.1, 0.15) is 6.10 Å². The fourth-order valence-corrected chi connectivity index (χ4v) is 3.05. The van der Waals surface area contributed by atoms with E-state index in [1.165, 1.54) is 0 Å². The molecule has 0 aromatic carbocycles. The summed E-state index contributed by atoms with van der Waals surface area (Å²) in [6, 6.07) is 0. The van der Waals surface area contributed by atoms with Crippen LogP contribution >= 0.6 is 0 Å². The van der Waals surface area contributed by atoms with E-state index in [4.69, 9.17) is 28.5 Å². The molecule has 0 aromatic heterocycles. The lowest BCUT2D eigenvalue weighted by atomic mass is 10.00. The van der Waals surface area contributed by atoms with Crippen molar-refractivity contribution in [3.05, 3.63) is 12.2 Å². The molecule has 1 aliphatic heterocycles. The van der Waals surface area contributed by atoms with Crippen molar-refractivity contribution in [3.8, 4) is 0 Å². The van der Waals surface area contributed by atoms with Crippen molar-refractivity contribution in [3.63, 3.8) is 0 Å². The molecule has 0 N–H and O–H groups in total. The van der Waals surface area contributed by atoms with Crippen LogP contribution in [-0.4, -0.2) is 82.0 Å². The van der Waals surface area contributed by atoms with E-state index in [9.17, 15) is 14.4 Å². The van der Waals surface area contributed by atoms with Crippen LogP contribution in [0.2, 0.25) is 0 Å². The first kappa shape index (κ1) is 24.3. The fourth-order valence-electron chi connectivity index (χ4n) is 3.05.